The molecule has 6 rings (SSSR count). The third-order valence-electron chi connectivity index (χ3n) is 11.4. The maximum absolute atomic E-state index is 14.7. The molecule has 2 amide bonds. The number of carbonyl (C=O) groups excluding carboxylic acids is 2. The second kappa shape index (κ2) is 19.2. The number of nitrogens with zero attached hydrogens (tertiary/aromatic N) is 3. The summed E-state index contributed by atoms with van der Waals surface area (Å²) in [6, 6.07) is 23.3. The van der Waals surface area contributed by atoms with Crippen LogP contribution in [0, 0.1) is 35.3 Å². The maximum Gasteiger partial charge on any atom is 0.415 e. The lowest BCUT2D eigenvalue weighted by Gasteiger charge is -2.62. The molecule has 12 nitrogen and oxygen atoms in total. The predicted octanol–water partition coefficient (Wildman–Crippen LogP) is 9.82. The Labute approximate surface area is 355 Å². The molecule has 14 heteroatoms. The number of fused-ring (bicyclic) bond motifs is 1. The highest BCUT2D eigenvalue weighted by atomic mass is 35.5. The number of halogens is 2. The molecule has 4 atom stereocenters. The molecule has 314 valence electrons. The van der Waals surface area contributed by atoms with Crippen molar-refractivity contribution in [2.75, 3.05) is 26.9 Å². The van der Waals surface area contributed by atoms with Gasteiger partial charge in [-0.25, -0.2) is 4.79 Å². The van der Waals surface area contributed by atoms with Gasteiger partial charge in [0.25, 0.3) is 5.09 Å². The average molecular weight is 849 g/mol. The molecule has 4 aromatic rings. The fourth-order valence-corrected chi connectivity index (χ4v) is 9.63. The van der Waals surface area contributed by atoms with Gasteiger partial charge in [0.2, 0.25) is 5.91 Å². The van der Waals surface area contributed by atoms with Gasteiger partial charge in [0, 0.05) is 24.5 Å². The van der Waals surface area contributed by atoms with Gasteiger partial charge in [0.1, 0.15) is 37.1 Å². The minimum absolute atomic E-state index is 0.0362. The Bertz CT molecular complexity index is 2110. The summed E-state index contributed by atoms with van der Waals surface area (Å²) in [5.74, 6) is 1.53. The molecule has 2 aliphatic rings. The van der Waals surface area contributed by atoms with Crippen molar-refractivity contribution in [2.45, 2.75) is 85.0 Å². The topological polar surface area (TPSA) is 130 Å². The van der Waals surface area contributed by atoms with Crippen LogP contribution in [0.15, 0.2) is 78.9 Å². The number of ether oxygens (including phenoxy) is 4. The predicted molar refractivity (Wildman–Crippen MR) is 225 cm³/mol. The van der Waals surface area contributed by atoms with E-state index in [0.717, 1.165) is 53.7 Å². The van der Waals surface area contributed by atoms with Crippen LogP contribution in [0.25, 0.3) is 0 Å². The van der Waals surface area contributed by atoms with E-state index in [1.807, 2.05) is 75.1 Å². The molecule has 0 aromatic heterocycles. The van der Waals surface area contributed by atoms with Gasteiger partial charge < -0.3 is 28.7 Å². The highest BCUT2D eigenvalue weighted by molar-refractivity contribution is 6.37. The van der Waals surface area contributed by atoms with E-state index in [2.05, 4.69) is 4.84 Å². The van der Waals surface area contributed by atoms with E-state index < -0.39 is 23.1 Å². The number of amides is 2. The monoisotopic (exact) mass is 847 g/mol. The molecule has 1 saturated carbocycles. The van der Waals surface area contributed by atoms with E-state index >= 15 is 0 Å². The van der Waals surface area contributed by atoms with Crippen molar-refractivity contribution in [2.24, 2.45) is 11.3 Å². The summed E-state index contributed by atoms with van der Waals surface area (Å²) in [6.45, 7) is 9.09. The minimum atomic E-state index is -0.865. The Hall–Kier alpha value is -5.20. The number of benzene rings is 4. The number of methoxy groups -OCH3 is 1. The molecule has 0 spiro atoms. The quantitative estimate of drug-likeness (QED) is 0.0546. The van der Waals surface area contributed by atoms with Gasteiger partial charge in [0.05, 0.1) is 29.1 Å². The van der Waals surface area contributed by atoms with Crippen LogP contribution in [0.1, 0.15) is 67.3 Å². The van der Waals surface area contributed by atoms with Crippen molar-refractivity contribution in [1.29, 1.82) is 0 Å². The molecule has 1 aliphatic heterocycles. The van der Waals surface area contributed by atoms with Crippen molar-refractivity contribution < 1.29 is 38.5 Å². The number of aryl methyl sites for hydroxylation is 2. The Kier molecular flexibility index (Phi) is 14.2. The standard InChI is InChI=1S/C45H51Cl2N3O9/c1-6-19-48(27-33-14-17-39(55-5)30(3)24-33)43(51)31(4)42-45(18-8-11-40(45)49(42)44(52)59-36-10-7-9-34(25-36)28-58-50(53)54)26-32-12-15-35(16-13-32)56-20-21-57-41-37(46)22-29(2)23-38(41)47/h7,9-10,12-17,22-25,31,40,42H,6,8,11,18-21,26-28H2,1-5H3. The van der Waals surface area contributed by atoms with Crippen LogP contribution in [0.5, 0.6) is 23.0 Å². The van der Waals surface area contributed by atoms with Gasteiger partial charge in [-0.2, -0.15) is 0 Å². The van der Waals surface area contributed by atoms with Crippen LogP contribution in [-0.4, -0.2) is 65.8 Å². The summed E-state index contributed by atoms with van der Waals surface area (Å²) in [6.07, 6.45) is 3.35. The second-order valence-electron chi connectivity index (χ2n) is 15.4. The zero-order chi connectivity index (χ0) is 42.3. The van der Waals surface area contributed by atoms with E-state index in [0.29, 0.717) is 46.6 Å². The van der Waals surface area contributed by atoms with Crippen molar-refractivity contribution in [1.82, 2.24) is 9.80 Å². The first-order chi connectivity index (χ1) is 28.3. The molecule has 0 bridgehead atoms. The van der Waals surface area contributed by atoms with E-state index in [-0.39, 0.29) is 42.9 Å². The summed E-state index contributed by atoms with van der Waals surface area (Å²) in [5, 5.41) is 10.8. The number of likely N-dealkylation sites (tertiary alicyclic amines) is 1. The number of rotatable bonds is 18. The van der Waals surface area contributed by atoms with Crippen molar-refractivity contribution >= 4 is 35.2 Å². The molecular weight excluding hydrogens is 797 g/mol. The molecule has 2 fully saturated rings. The van der Waals surface area contributed by atoms with Crippen LogP contribution in [0.3, 0.4) is 0 Å². The van der Waals surface area contributed by atoms with Crippen molar-refractivity contribution in [3.05, 3.63) is 127 Å². The highest BCUT2D eigenvalue weighted by Gasteiger charge is 2.66. The van der Waals surface area contributed by atoms with Crippen LogP contribution >= 0.6 is 23.2 Å². The van der Waals surface area contributed by atoms with Crippen LogP contribution in [0.2, 0.25) is 10.0 Å². The summed E-state index contributed by atoms with van der Waals surface area (Å²) >= 11 is 12.7. The molecule has 59 heavy (non-hydrogen) atoms. The third kappa shape index (κ3) is 9.99. The van der Waals surface area contributed by atoms with Gasteiger partial charge in [0.15, 0.2) is 5.75 Å². The highest BCUT2D eigenvalue weighted by Crippen LogP contribution is 2.59. The lowest BCUT2D eigenvalue weighted by Crippen LogP contribution is -2.75. The lowest BCUT2D eigenvalue weighted by atomic mass is 9.59. The fourth-order valence-electron chi connectivity index (χ4n) is 8.93. The Balaban J connectivity index is 1.21. The number of hydrogen-bond acceptors (Lipinski definition) is 9. The zero-order valence-electron chi connectivity index (χ0n) is 34.1. The molecule has 4 unspecified atom stereocenters. The summed E-state index contributed by atoms with van der Waals surface area (Å²) < 4.78 is 23.2. The zero-order valence-corrected chi connectivity index (χ0v) is 35.6. The van der Waals surface area contributed by atoms with Gasteiger partial charge in [-0.15, -0.1) is 10.1 Å². The SMILES string of the molecule is CCCN(Cc1ccc(OC)c(C)c1)C(=O)C(C)C1N(C(=O)Oc2cccc(CO[N+](=O)[O-])c2)C2CCCC21Cc1ccc(OCCOc2c(Cl)cc(C)cc2Cl)cc1. The Morgan fingerprint density at radius 3 is 2.34 bits per heavy atom. The van der Waals surface area contributed by atoms with E-state index in [1.54, 1.807) is 48.4 Å². The lowest BCUT2D eigenvalue weighted by molar-refractivity contribution is -0.763. The molecular formula is C45H51Cl2N3O9. The normalized spacial score (nSPS) is 18.6. The minimum Gasteiger partial charge on any atom is -0.496 e. The molecule has 0 radical (unpaired) electrons. The molecule has 4 aromatic carbocycles. The van der Waals surface area contributed by atoms with E-state index in [4.69, 9.17) is 42.1 Å². The molecule has 0 N–H and O–H groups in total. The average Bonchev–Trinajstić information content (AvgIpc) is 3.53. The first-order valence-electron chi connectivity index (χ1n) is 19.9. The summed E-state index contributed by atoms with van der Waals surface area (Å²) in [7, 11) is 1.64. The Morgan fingerprint density at radius 2 is 1.66 bits per heavy atom. The van der Waals surface area contributed by atoms with E-state index in [9.17, 15) is 19.7 Å². The van der Waals surface area contributed by atoms with Crippen LogP contribution in [0.4, 0.5) is 4.79 Å². The van der Waals surface area contributed by atoms with Crippen molar-refractivity contribution in [3.63, 3.8) is 0 Å². The number of carbonyl (C=O) groups is 2. The largest absolute Gasteiger partial charge is 0.496 e. The van der Waals surface area contributed by atoms with Crippen LogP contribution < -0.4 is 18.9 Å². The van der Waals surface area contributed by atoms with Gasteiger partial charge in [-0.05, 0) is 110 Å². The van der Waals surface area contributed by atoms with Crippen molar-refractivity contribution in [3.8, 4) is 23.0 Å². The third-order valence-corrected chi connectivity index (χ3v) is 11.9. The Morgan fingerprint density at radius 1 is 0.949 bits per heavy atom. The number of hydrogen-bond donors (Lipinski definition) is 0. The van der Waals surface area contributed by atoms with Gasteiger partial charge >= 0.3 is 6.09 Å². The summed E-state index contributed by atoms with van der Waals surface area (Å²) in [4.78, 5) is 47.9. The van der Waals surface area contributed by atoms with Gasteiger partial charge in [-0.3, -0.25) is 9.69 Å². The molecule has 1 heterocycles. The fraction of sp³-hybridized carbons (Fsp3) is 0.422. The van der Waals surface area contributed by atoms with E-state index in [1.165, 1.54) is 0 Å². The maximum atomic E-state index is 14.7. The molecule has 1 saturated heterocycles. The molecule has 1 aliphatic carbocycles. The first kappa shape index (κ1) is 43.4. The van der Waals surface area contributed by atoms with Crippen LogP contribution in [-0.2, 0) is 29.2 Å². The smallest absolute Gasteiger partial charge is 0.415 e. The first-order valence-corrected chi connectivity index (χ1v) is 20.7. The summed E-state index contributed by atoms with van der Waals surface area (Å²) in [5.41, 5.74) is 4.08. The second-order valence-corrected chi connectivity index (χ2v) is 16.2. The van der Waals surface area contributed by atoms with Gasteiger partial charge in [-0.1, -0.05) is 79.9 Å².